The monoisotopic (exact) mass is 502 g/mol. The summed E-state index contributed by atoms with van der Waals surface area (Å²) in [7, 11) is 0. The van der Waals surface area contributed by atoms with Gasteiger partial charge >= 0.3 is 0 Å². The molecular formula is C28H38N8O. The van der Waals surface area contributed by atoms with Gasteiger partial charge in [-0.15, -0.1) is 0 Å². The Labute approximate surface area is 219 Å². The fourth-order valence-electron chi connectivity index (χ4n) is 4.64. The Bertz CT molecular complexity index is 1010. The number of rotatable bonds is 13. The molecule has 1 saturated carbocycles. The predicted octanol–water partition coefficient (Wildman–Crippen LogP) is 1.91. The number of nitrogens with zero attached hydrogens (tertiary/aromatic N) is 3. The molecule has 9 nitrogen and oxygen atoms in total. The first-order valence-corrected chi connectivity index (χ1v) is 13.1. The van der Waals surface area contributed by atoms with E-state index in [0.29, 0.717) is 43.3 Å². The first-order valence-electron chi connectivity index (χ1n) is 13.1. The van der Waals surface area contributed by atoms with Crippen LogP contribution in [0.1, 0.15) is 53.1 Å². The molecule has 1 aliphatic carbocycles. The Hall–Kier alpha value is -3.24. The maximum atomic E-state index is 12.2. The average molecular weight is 503 g/mol. The first-order chi connectivity index (χ1) is 18.2. The minimum atomic E-state index is -0.114. The summed E-state index contributed by atoms with van der Waals surface area (Å²) >= 11 is 0. The summed E-state index contributed by atoms with van der Waals surface area (Å²) in [5, 5.41) is 14.0. The van der Waals surface area contributed by atoms with Crippen molar-refractivity contribution in [2.45, 2.75) is 63.4 Å². The van der Waals surface area contributed by atoms with Crippen LogP contribution in [0.4, 0.5) is 0 Å². The van der Waals surface area contributed by atoms with E-state index >= 15 is 0 Å². The van der Waals surface area contributed by atoms with Crippen molar-refractivity contribution in [3.8, 4) is 0 Å². The molecule has 1 amide bonds. The van der Waals surface area contributed by atoms with Crippen molar-refractivity contribution in [2.24, 2.45) is 5.73 Å². The predicted molar refractivity (Wildman–Crippen MR) is 144 cm³/mol. The lowest BCUT2D eigenvalue weighted by molar-refractivity contribution is 0.0953. The fraction of sp³-hybridized carbons (Fsp3) is 0.429. The number of nitrogens with two attached hydrogens (primary N) is 1. The number of amides is 1. The molecule has 0 bridgehead atoms. The highest BCUT2D eigenvalue weighted by Gasteiger charge is 2.28. The molecule has 6 N–H and O–H groups in total. The quantitative estimate of drug-likeness (QED) is 0.224. The van der Waals surface area contributed by atoms with Crippen LogP contribution in [-0.2, 0) is 19.6 Å². The van der Waals surface area contributed by atoms with E-state index in [-0.39, 0.29) is 5.91 Å². The van der Waals surface area contributed by atoms with Crippen LogP contribution in [0.15, 0.2) is 67.1 Å². The number of nitrogens with one attached hydrogen (secondary N) is 4. The minimum absolute atomic E-state index is 0.114. The van der Waals surface area contributed by atoms with E-state index in [2.05, 4.69) is 48.4 Å². The van der Waals surface area contributed by atoms with Gasteiger partial charge < -0.3 is 27.0 Å². The van der Waals surface area contributed by atoms with Crippen LogP contribution in [-0.4, -0.2) is 52.1 Å². The van der Waals surface area contributed by atoms with Crippen LogP contribution in [0, 0.1) is 0 Å². The molecule has 3 aromatic heterocycles. The Balaban J connectivity index is 1.31. The van der Waals surface area contributed by atoms with E-state index in [0.717, 1.165) is 55.9 Å². The van der Waals surface area contributed by atoms with Gasteiger partial charge in [0.2, 0.25) is 0 Å². The van der Waals surface area contributed by atoms with E-state index < -0.39 is 0 Å². The van der Waals surface area contributed by atoms with Crippen molar-refractivity contribution < 1.29 is 4.79 Å². The van der Waals surface area contributed by atoms with E-state index in [1.165, 1.54) is 0 Å². The molecule has 0 saturated heterocycles. The maximum Gasteiger partial charge on any atom is 0.252 e. The standard InChI is InChI=1S/C28H38N8O/c29-10-5-13-32-28(37)21-8-9-24(33-17-21)20-36-27-15-25(34-18-22-6-1-3-11-30-22)14-26(16-27)35-19-23-7-2-4-12-31-23/h1-4,6-9,11-12,17,25-27,34-36H,5,10,13-16,18-20,29H2,(H,32,37). The summed E-state index contributed by atoms with van der Waals surface area (Å²) in [5.41, 5.74) is 9.07. The zero-order valence-electron chi connectivity index (χ0n) is 21.3. The number of aromatic nitrogens is 3. The third-order valence-corrected chi connectivity index (χ3v) is 6.63. The Kier molecular flexibility index (Phi) is 10.5. The molecule has 2 atom stereocenters. The van der Waals surface area contributed by atoms with Gasteiger partial charge in [0.15, 0.2) is 0 Å². The van der Waals surface area contributed by atoms with E-state index in [9.17, 15) is 4.79 Å². The second-order valence-electron chi connectivity index (χ2n) is 9.52. The van der Waals surface area contributed by atoms with Crippen LogP contribution in [0.5, 0.6) is 0 Å². The molecule has 3 heterocycles. The largest absolute Gasteiger partial charge is 0.352 e. The van der Waals surface area contributed by atoms with Gasteiger partial charge in [0, 0.05) is 62.9 Å². The summed E-state index contributed by atoms with van der Waals surface area (Å²) in [6.45, 7) is 3.29. The van der Waals surface area contributed by atoms with Crippen LogP contribution in [0.25, 0.3) is 0 Å². The molecule has 4 rings (SSSR count). The molecular weight excluding hydrogens is 464 g/mol. The van der Waals surface area contributed by atoms with E-state index in [4.69, 9.17) is 5.73 Å². The zero-order chi connectivity index (χ0) is 25.7. The minimum Gasteiger partial charge on any atom is -0.352 e. The lowest BCUT2D eigenvalue weighted by Crippen LogP contribution is -2.50. The van der Waals surface area contributed by atoms with Crippen molar-refractivity contribution in [1.82, 2.24) is 36.2 Å². The van der Waals surface area contributed by atoms with Gasteiger partial charge in [-0.05, 0) is 68.6 Å². The van der Waals surface area contributed by atoms with Crippen LogP contribution >= 0.6 is 0 Å². The molecule has 0 aromatic carbocycles. The third-order valence-electron chi connectivity index (χ3n) is 6.63. The SMILES string of the molecule is NCCCNC(=O)c1ccc(CNC2CC(NCc3ccccn3)CC(NCc3ccccn3)C2)nc1. The molecule has 0 spiro atoms. The Morgan fingerprint density at radius 2 is 1.30 bits per heavy atom. The van der Waals surface area contributed by atoms with E-state index in [1.807, 2.05) is 48.8 Å². The highest BCUT2D eigenvalue weighted by Crippen LogP contribution is 2.21. The van der Waals surface area contributed by atoms with Crippen molar-refractivity contribution in [1.29, 1.82) is 0 Å². The van der Waals surface area contributed by atoms with Gasteiger partial charge in [0.05, 0.1) is 22.6 Å². The summed E-state index contributed by atoms with van der Waals surface area (Å²) in [4.78, 5) is 25.6. The number of carbonyl (C=O) groups is 1. The topological polar surface area (TPSA) is 130 Å². The zero-order valence-corrected chi connectivity index (χ0v) is 21.3. The molecule has 9 heteroatoms. The summed E-state index contributed by atoms with van der Waals surface area (Å²) in [5.74, 6) is -0.114. The van der Waals surface area contributed by atoms with Crippen molar-refractivity contribution in [3.05, 3.63) is 89.8 Å². The number of pyridine rings is 3. The van der Waals surface area contributed by atoms with Crippen LogP contribution < -0.4 is 27.0 Å². The van der Waals surface area contributed by atoms with E-state index in [1.54, 1.807) is 6.20 Å². The molecule has 1 aliphatic rings. The number of carbonyl (C=O) groups excluding carboxylic acids is 1. The molecule has 37 heavy (non-hydrogen) atoms. The van der Waals surface area contributed by atoms with Crippen LogP contribution in [0.3, 0.4) is 0 Å². The van der Waals surface area contributed by atoms with Gasteiger partial charge in [-0.2, -0.15) is 0 Å². The molecule has 2 unspecified atom stereocenters. The number of hydrogen-bond donors (Lipinski definition) is 5. The average Bonchev–Trinajstić information content (AvgIpc) is 2.95. The summed E-state index contributed by atoms with van der Waals surface area (Å²) in [6.07, 6.45) is 9.17. The second kappa shape index (κ2) is 14.5. The second-order valence-corrected chi connectivity index (χ2v) is 9.52. The summed E-state index contributed by atoms with van der Waals surface area (Å²) in [6, 6.07) is 16.8. The lowest BCUT2D eigenvalue weighted by Gasteiger charge is -2.36. The van der Waals surface area contributed by atoms with Crippen molar-refractivity contribution >= 4 is 5.91 Å². The van der Waals surface area contributed by atoms with Gasteiger partial charge in [0.1, 0.15) is 0 Å². The van der Waals surface area contributed by atoms with Gasteiger partial charge in [-0.1, -0.05) is 12.1 Å². The highest BCUT2D eigenvalue weighted by molar-refractivity contribution is 5.93. The Morgan fingerprint density at radius 3 is 1.73 bits per heavy atom. The van der Waals surface area contributed by atoms with Gasteiger partial charge in [-0.3, -0.25) is 19.7 Å². The smallest absolute Gasteiger partial charge is 0.252 e. The normalized spacial score (nSPS) is 19.4. The highest BCUT2D eigenvalue weighted by atomic mass is 16.1. The molecule has 196 valence electrons. The third kappa shape index (κ3) is 8.98. The molecule has 0 radical (unpaired) electrons. The fourth-order valence-corrected chi connectivity index (χ4v) is 4.64. The molecule has 0 aliphatic heterocycles. The maximum absolute atomic E-state index is 12.2. The Morgan fingerprint density at radius 1 is 0.757 bits per heavy atom. The van der Waals surface area contributed by atoms with Gasteiger partial charge in [-0.25, -0.2) is 0 Å². The van der Waals surface area contributed by atoms with Crippen LogP contribution in [0.2, 0.25) is 0 Å². The molecule has 3 aromatic rings. The molecule has 1 fully saturated rings. The first kappa shape index (κ1) is 26.8. The number of hydrogen-bond acceptors (Lipinski definition) is 8. The van der Waals surface area contributed by atoms with Crippen molar-refractivity contribution in [2.75, 3.05) is 13.1 Å². The van der Waals surface area contributed by atoms with Gasteiger partial charge in [0.25, 0.3) is 5.91 Å². The summed E-state index contributed by atoms with van der Waals surface area (Å²) < 4.78 is 0. The van der Waals surface area contributed by atoms with Crippen molar-refractivity contribution in [3.63, 3.8) is 0 Å². The lowest BCUT2D eigenvalue weighted by atomic mass is 9.86.